The van der Waals surface area contributed by atoms with E-state index in [0.717, 1.165) is 48.1 Å². The molecule has 6 nitrogen and oxygen atoms in total. The van der Waals surface area contributed by atoms with Crippen LogP contribution in [0.15, 0.2) is 78.9 Å². The summed E-state index contributed by atoms with van der Waals surface area (Å²) in [5, 5.41) is 11.7. The number of para-hydroxylation sites is 1. The van der Waals surface area contributed by atoms with Crippen LogP contribution < -0.4 is 16.0 Å². The molecular weight excluding hydrogens is 458 g/mol. The minimum absolute atomic E-state index is 0.00358. The van der Waals surface area contributed by atoms with Crippen molar-refractivity contribution in [2.24, 2.45) is 5.92 Å². The van der Waals surface area contributed by atoms with Crippen LogP contribution in [-0.4, -0.2) is 28.5 Å². The Hall–Kier alpha value is -3.64. The molecule has 178 valence electrons. The molecule has 1 aromatic heterocycles. The van der Waals surface area contributed by atoms with E-state index >= 15 is 0 Å². The molecule has 0 aliphatic heterocycles. The molecule has 1 aliphatic carbocycles. The van der Waals surface area contributed by atoms with E-state index in [1.54, 1.807) is 0 Å². The fourth-order valence-corrected chi connectivity index (χ4v) is 4.65. The summed E-state index contributed by atoms with van der Waals surface area (Å²) in [5.74, 6) is 1.87. The van der Waals surface area contributed by atoms with Gasteiger partial charge in [0.15, 0.2) is 0 Å². The molecule has 3 aromatic carbocycles. The zero-order valence-corrected chi connectivity index (χ0v) is 20.1. The molecule has 7 heteroatoms. The van der Waals surface area contributed by atoms with Crippen LogP contribution in [0.2, 0.25) is 5.02 Å². The number of benzene rings is 3. The lowest BCUT2D eigenvalue weighted by Gasteiger charge is -2.29. The molecule has 1 saturated carbocycles. The van der Waals surface area contributed by atoms with Crippen molar-refractivity contribution in [3.05, 3.63) is 89.4 Å². The Morgan fingerprint density at radius 3 is 2.34 bits per heavy atom. The highest BCUT2D eigenvalue weighted by Crippen LogP contribution is 2.29. The van der Waals surface area contributed by atoms with Crippen LogP contribution in [-0.2, 0) is 0 Å². The van der Waals surface area contributed by atoms with Gasteiger partial charge < -0.3 is 16.0 Å². The van der Waals surface area contributed by atoms with Crippen LogP contribution in [0.25, 0.3) is 10.9 Å². The summed E-state index contributed by atoms with van der Waals surface area (Å²) in [6.07, 6.45) is 4.14. The topological polar surface area (TPSA) is 78.9 Å². The Bertz CT molecular complexity index is 1290. The highest BCUT2D eigenvalue weighted by atomic mass is 35.5. The Kier molecular flexibility index (Phi) is 7.09. The van der Waals surface area contributed by atoms with E-state index in [9.17, 15) is 4.79 Å². The lowest BCUT2D eigenvalue weighted by atomic mass is 9.86. The minimum atomic E-state index is -0.00358. The van der Waals surface area contributed by atoms with Crippen molar-refractivity contribution < 1.29 is 4.79 Å². The zero-order valence-electron chi connectivity index (χ0n) is 19.4. The average molecular weight is 486 g/mol. The monoisotopic (exact) mass is 485 g/mol. The molecular formula is C28H28ClN5O. The normalized spacial score (nSPS) is 17.6. The van der Waals surface area contributed by atoms with Gasteiger partial charge in [0, 0.05) is 34.2 Å². The number of nitrogens with zero attached hydrogens (tertiary/aromatic N) is 2. The molecule has 1 fully saturated rings. The van der Waals surface area contributed by atoms with E-state index in [1.165, 1.54) is 0 Å². The number of hydrogen-bond acceptors (Lipinski definition) is 5. The van der Waals surface area contributed by atoms with Crippen molar-refractivity contribution >= 4 is 45.9 Å². The third-order valence-corrected chi connectivity index (χ3v) is 6.73. The molecule has 0 spiro atoms. The van der Waals surface area contributed by atoms with Gasteiger partial charge in [-0.2, -0.15) is 4.98 Å². The van der Waals surface area contributed by atoms with Gasteiger partial charge in [-0.05, 0) is 80.1 Å². The number of carbonyl (C=O) groups excluding carboxylic acids is 1. The van der Waals surface area contributed by atoms with Crippen molar-refractivity contribution in [2.45, 2.75) is 31.7 Å². The summed E-state index contributed by atoms with van der Waals surface area (Å²) in [4.78, 5) is 21.9. The molecule has 1 amide bonds. The van der Waals surface area contributed by atoms with Gasteiger partial charge in [0.25, 0.3) is 5.91 Å². The van der Waals surface area contributed by atoms with Crippen molar-refractivity contribution in [3.8, 4) is 0 Å². The first-order valence-electron chi connectivity index (χ1n) is 12.0. The van der Waals surface area contributed by atoms with Crippen LogP contribution in [0.1, 0.15) is 36.0 Å². The number of carbonyl (C=O) groups is 1. The van der Waals surface area contributed by atoms with Gasteiger partial charge in [-0.3, -0.25) is 4.79 Å². The van der Waals surface area contributed by atoms with Crippen LogP contribution in [0.3, 0.4) is 0 Å². The molecule has 3 N–H and O–H groups in total. The summed E-state index contributed by atoms with van der Waals surface area (Å²) in [6, 6.07) is 25.3. The molecule has 0 unspecified atom stereocenters. The number of hydrogen-bond donors (Lipinski definition) is 3. The third-order valence-electron chi connectivity index (χ3n) is 6.48. The molecule has 4 aromatic rings. The van der Waals surface area contributed by atoms with Gasteiger partial charge in [0.05, 0.1) is 5.52 Å². The second-order valence-corrected chi connectivity index (χ2v) is 9.42. The summed E-state index contributed by atoms with van der Waals surface area (Å²) in [7, 11) is 0. The Morgan fingerprint density at radius 1 is 0.857 bits per heavy atom. The van der Waals surface area contributed by atoms with Crippen molar-refractivity contribution in [2.75, 3.05) is 17.2 Å². The fraction of sp³-hybridized carbons (Fsp3) is 0.250. The molecule has 5 rings (SSSR count). The number of rotatable bonds is 7. The lowest BCUT2D eigenvalue weighted by Crippen LogP contribution is -2.34. The van der Waals surface area contributed by atoms with Crippen molar-refractivity contribution in [1.82, 2.24) is 15.3 Å². The van der Waals surface area contributed by atoms with E-state index in [-0.39, 0.29) is 5.91 Å². The van der Waals surface area contributed by atoms with E-state index in [4.69, 9.17) is 21.6 Å². The highest BCUT2D eigenvalue weighted by Gasteiger charge is 2.22. The molecule has 0 bridgehead atoms. The van der Waals surface area contributed by atoms with E-state index < -0.39 is 0 Å². The second-order valence-electron chi connectivity index (χ2n) is 8.98. The van der Waals surface area contributed by atoms with Crippen LogP contribution in [0.5, 0.6) is 0 Å². The Morgan fingerprint density at radius 2 is 1.57 bits per heavy atom. The zero-order chi connectivity index (χ0) is 24.0. The highest BCUT2D eigenvalue weighted by molar-refractivity contribution is 6.30. The second kappa shape index (κ2) is 10.7. The van der Waals surface area contributed by atoms with Gasteiger partial charge >= 0.3 is 0 Å². The number of fused-ring (bicyclic) bond motifs is 1. The van der Waals surface area contributed by atoms with Gasteiger partial charge in [-0.1, -0.05) is 41.9 Å². The van der Waals surface area contributed by atoms with Gasteiger partial charge in [-0.25, -0.2) is 4.98 Å². The van der Waals surface area contributed by atoms with Crippen LogP contribution in [0.4, 0.5) is 17.5 Å². The molecule has 0 radical (unpaired) electrons. The standard InChI is InChI=1S/C28H28ClN5O/c29-21-12-16-22(17-13-21)31-26-24-8-4-5-9-25(24)33-28(34-26)32-23-14-10-19(11-15-23)18-30-27(35)20-6-2-1-3-7-20/h1-9,12-13,16-17,19,23H,10-11,14-15,18H2,(H,30,35)(H2,31,32,33,34). The minimum Gasteiger partial charge on any atom is -0.352 e. The molecule has 0 saturated heterocycles. The first-order chi connectivity index (χ1) is 17.1. The molecule has 1 aliphatic rings. The SMILES string of the molecule is O=C(NCC1CCC(Nc2nc(Nc3ccc(Cl)cc3)c3ccccc3n2)CC1)c1ccccc1. The smallest absolute Gasteiger partial charge is 0.251 e. The maximum Gasteiger partial charge on any atom is 0.251 e. The van der Waals surface area contributed by atoms with E-state index in [2.05, 4.69) is 16.0 Å². The molecule has 0 atom stereocenters. The number of anilines is 3. The maximum absolute atomic E-state index is 12.3. The lowest BCUT2D eigenvalue weighted by molar-refractivity contribution is 0.0943. The fourth-order valence-electron chi connectivity index (χ4n) is 4.53. The quantitative estimate of drug-likeness (QED) is 0.281. The third kappa shape index (κ3) is 5.89. The van der Waals surface area contributed by atoms with Crippen molar-refractivity contribution in [3.63, 3.8) is 0 Å². The Balaban J connectivity index is 1.21. The van der Waals surface area contributed by atoms with E-state index in [0.29, 0.717) is 35.0 Å². The van der Waals surface area contributed by atoms with Crippen LogP contribution >= 0.6 is 11.6 Å². The maximum atomic E-state index is 12.3. The summed E-state index contributed by atoms with van der Waals surface area (Å²) < 4.78 is 0. The number of halogens is 1. The van der Waals surface area contributed by atoms with Gasteiger partial charge in [0.1, 0.15) is 5.82 Å². The largest absolute Gasteiger partial charge is 0.352 e. The number of nitrogens with one attached hydrogen (secondary N) is 3. The van der Waals surface area contributed by atoms with E-state index in [1.807, 2.05) is 78.9 Å². The van der Waals surface area contributed by atoms with Crippen molar-refractivity contribution in [1.29, 1.82) is 0 Å². The number of aromatic nitrogens is 2. The van der Waals surface area contributed by atoms with Gasteiger partial charge in [0.2, 0.25) is 5.95 Å². The molecule has 35 heavy (non-hydrogen) atoms. The average Bonchev–Trinajstić information content (AvgIpc) is 2.90. The van der Waals surface area contributed by atoms with Gasteiger partial charge in [-0.15, -0.1) is 0 Å². The summed E-state index contributed by atoms with van der Waals surface area (Å²) in [5.41, 5.74) is 2.51. The summed E-state index contributed by atoms with van der Waals surface area (Å²) in [6.45, 7) is 0.710. The molecule has 1 heterocycles. The summed E-state index contributed by atoms with van der Waals surface area (Å²) >= 11 is 6.03. The Labute approximate surface area is 210 Å². The first-order valence-corrected chi connectivity index (χ1v) is 12.4. The number of amides is 1. The van der Waals surface area contributed by atoms with Crippen LogP contribution in [0, 0.1) is 5.92 Å². The first kappa shape index (κ1) is 23.1. The predicted octanol–water partition coefficient (Wildman–Crippen LogP) is 6.43. The predicted molar refractivity (Wildman–Crippen MR) is 142 cm³/mol.